The molecular weight excluding hydrogens is 144 g/mol. The third-order valence-electron chi connectivity index (χ3n) is 2.75. The largest absolute Gasteiger partial charge is 0.0799 e. The van der Waals surface area contributed by atoms with Crippen LogP contribution in [-0.2, 0) is 0 Å². The molecule has 0 radical (unpaired) electrons. The summed E-state index contributed by atoms with van der Waals surface area (Å²) in [5, 5.41) is 0. The fourth-order valence-electron chi connectivity index (χ4n) is 1.99. The lowest BCUT2D eigenvalue weighted by Crippen LogP contribution is -2.15. The van der Waals surface area contributed by atoms with Crippen LogP contribution in [0.25, 0.3) is 0 Å². The van der Waals surface area contributed by atoms with Gasteiger partial charge >= 0.3 is 0 Å². The fourth-order valence-corrected chi connectivity index (χ4v) is 1.99. The van der Waals surface area contributed by atoms with E-state index in [2.05, 4.69) is 40.7 Å². The van der Waals surface area contributed by atoms with Crippen LogP contribution >= 0.6 is 0 Å². The van der Waals surface area contributed by atoms with Crippen LogP contribution in [0.2, 0.25) is 0 Å². The maximum Gasteiger partial charge on any atom is -0.0121 e. The highest BCUT2D eigenvalue weighted by Gasteiger charge is 2.21. The molecule has 0 heteroatoms. The molecule has 0 aromatic heterocycles. The Hall–Kier alpha value is -0.260. The van der Waals surface area contributed by atoms with Crippen molar-refractivity contribution in [2.45, 2.75) is 60.3 Å². The second-order valence-corrected chi connectivity index (χ2v) is 4.04. The minimum absolute atomic E-state index is 0.494. The van der Waals surface area contributed by atoms with E-state index in [1.807, 2.05) is 0 Å². The molecule has 0 rings (SSSR count). The highest BCUT2D eigenvalue weighted by atomic mass is 14.3. The van der Waals surface area contributed by atoms with Gasteiger partial charge in [0.25, 0.3) is 0 Å². The topological polar surface area (TPSA) is 0 Å². The molecule has 0 amide bonds. The highest BCUT2D eigenvalue weighted by molar-refractivity contribution is 5.04. The van der Waals surface area contributed by atoms with Gasteiger partial charge in [-0.15, -0.1) is 0 Å². The lowest BCUT2D eigenvalue weighted by atomic mass is 9.77. The van der Waals surface area contributed by atoms with Crippen molar-refractivity contribution in [2.75, 3.05) is 0 Å². The lowest BCUT2D eigenvalue weighted by molar-refractivity contribution is 0.319. The van der Waals surface area contributed by atoms with Crippen molar-refractivity contribution in [1.82, 2.24) is 0 Å². The van der Waals surface area contributed by atoms with Crippen molar-refractivity contribution >= 4 is 0 Å². The van der Waals surface area contributed by atoms with E-state index in [-0.39, 0.29) is 0 Å². The molecule has 0 atom stereocenters. The van der Waals surface area contributed by atoms with Crippen LogP contribution in [0.15, 0.2) is 11.6 Å². The molecule has 0 nitrogen and oxygen atoms in total. The van der Waals surface area contributed by atoms with E-state index in [1.54, 1.807) is 0 Å². The van der Waals surface area contributed by atoms with Gasteiger partial charge in [-0.25, -0.2) is 0 Å². The van der Waals surface area contributed by atoms with Crippen molar-refractivity contribution in [1.29, 1.82) is 0 Å². The molecule has 12 heavy (non-hydrogen) atoms. The standard InChI is InChI=1S/C12H24/c1-6-9-12(7-2,8-3)10-11(4)5/h10H,6-9H2,1-5H3. The second kappa shape index (κ2) is 5.40. The van der Waals surface area contributed by atoms with E-state index in [1.165, 1.54) is 31.3 Å². The molecular formula is C12H24. The van der Waals surface area contributed by atoms with Gasteiger partial charge in [0.05, 0.1) is 0 Å². The van der Waals surface area contributed by atoms with Crippen LogP contribution in [0.3, 0.4) is 0 Å². The van der Waals surface area contributed by atoms with Crippen LogP contribution in [-0.4, -0.2) is 0 Å². The summed E-state index contributed by atoms with van der Waals surface area (Å²) in [6.07, 6.45) is 7.66. The summed E-state index contributed by atoms with van der Waals surface area (Å²) in [5.41, 5.74) is 1.96. The van der Waals surface area contributed by atoms with E-state index in [0.717, 1.165) is 0 Å². The van der Waals surface area contributed by atoms with Gasteiger partial charge in [0.15, 0.2) is 0 Å². The molecule has 0 aliphatic heterocycles. The maximum absolute atomic E-state index is 2.47. The van der Waals surface area contributed by atoms with Crippen LogP contribution in [0.5, 0.6) is 0 Å². The zero-order valence-corrected chi connectivity index (χ0v) is 9.41. The van der Waals surface area contributed by atoms with Gasteiger partial charge in [-0.05, 0) is 38.5 Å². The van der Waals surface area contributed by atoms with E-state index in [0.29, 0.717) is 5.41 Å². The van der Waals surface area contributed by atoms with Crippen molar-refractivity contribution in [2.24, 2.45) is 5.41 Å². The molecule has 0 unspecified atom stereocenters. The first-order valence-corrected chi connectivity index (χ1v) is 5.26. The molecule has 0 bridgehead atoms. The molecule has 0 aromatic rings. The van der Waals surface area contributed by atoms with Crippen molar-refractivity contribution < 1.29 is 0 Å². The number of hydrogen-bond donors (Lipinski definition) is 0. The Morgan fingerprint density at radius 1 is 1.08 bits per heavy atom. The molecule has 0 spiro atoms. The van der Waals surface area contributed by atoms with Crippen LogP contribution in [0.4, 0.5) is 0 Å². The SMILES string of the molecule is CCCC(C=C(C)C)(CC)CC. The molecule has 0 saturated heterocycles. The van der Waals surface area contributed by atoms with E-state index in [4.69, 9.17) is 0 Å². The average Bonchev–Trinajstić information content (AvgIpc) is 2.03. The third kappa shape index (κ3) is 3.42. The zero-order valence-electron chi connectivity index (χ0n) is 9.41. The maximum atomic E-state index is 2.47. The number of hydrogen-bond acceptors (Lipinski definition) is 0. The molecule has 0 aromatic carbocycles. The first-order chi connectivity index (χ1) is 5.60. The van der Waals surface area contributed by atoms with E-state index >= 15 is 0 Å². The summed E-state index contributed by atoms with van der Waals surface area (Å²) in [6.45, 7) is 11.3. The fraction of sp³-hybridized carbons (Fsp3) is 0.833. The summed E-state index contributed by atoms with van der Waals surface area (Å²) in [7, 11) is 0. The molecule has 0 aliphatic carbocycles. The van der Waals surface area contributed by atoms with Gasteiger partial charge in [0.2, 0.25) is 0 Å². The molecule has 0 N–H and O–H groups in total. The van der Waals surface area contributed by atoms with Crippen LogP contribution < -0.4 is 0 Å². The molecule has 0 fully saturated rings. The van der Waals surface area contributed by atoms with Gasteiger partial charge in [-0.1, -0.05) is 38.8 Å². The second-order valence-electron chi connectivity index (χ2n) is 4.04. The lowest BCUT2D eigenvalue weighted by Gasteiger charge is -2.28. The molecule has 0 heterocycles. The van der Waals surface area contributed by atoms with Gasteiger partial charge in [0, 0.05) is 0 Å². The quantitative estimate of drug-likeness (QED) is 0.528. The summed E-state index contributed by atoms with van der Waals surface area (Å²) >= 11 is 0. The molecule has 0 aliphatic rings. The monoisotopic (exact) mass is 168 g/mol. The van der Waals surface area contributed by atoms with Crippen LogP contribution in [0, 0.1) is 5.41 Å². The van der Waals surface area contributed by atoms with Crippen LogP contribution in [0.1, 0.15) is 60.3 Å². The van der Waals surface area contributed by atoms with Crippen molar-refractivity contribution in [3.8, 4) is 0 Å². The normalized spacial score (nSPS) is 11.4. The van der Waals surface area contributed by atoms with E-state index < -0.39 is 0 Å². The number of allylic oxidation sites excluding steroid dienone is 2. The van der Waals surface area contributed by atoms with Gasteiger partial charge in [0.1, 0.15) is 0 Å². The minimum atomic E-state index is 0.494. The Morgan fingerprint density at radius 2 is 1.58 bits per heavy atom. The molecule has 72 valence electrons. The van der Waals surface area contributed by atoms with Gasteiger partial charge in [-0.3, -0.25) is 0 Å². The highest BCUT2D eigenvalue weighted by Crippen LogP contribution is 2.34. The minimum Gasteiger partial charge on any atom is -0.0799 e. The van der Waals surface area contributed by atoms with E-state index in [9.17, 15) is 0 Å². The molecule has 0 saturated carbocycles. The Kier molecular flexibility index (Phi) is 5.28. The summed E-state index contributed by atoms with van der Waals surface area (Å²) in [5.74, 6) is 0. The Morgan fingerprint density at radius 3 is 1.83 bits per heavy atom. The summed E-state index contributed by atoms with van der Waals surface area (Å²) in [6, 6.07) is 0. The summed E-state index contributed by atoms with van der Waals surface area (Å²) in [4.78, 5) is 0. The average molecular weight is 168 g/mol. The van der Waals surface area contributed by atoms with Crippen molar-refractivity contribution in [3.05, 3.63) is 11.6 Å². The zero-order chi connectivity index (χ0) is 9.61. The predicted octanol–water partition coefficient (Wildman–Crippen LogP) is 4.56. The predicted molar refractivity (Wildman–Crippen MR) is 57.4 cm³/mol. The Balaban J connectivity index is 4.45. The number of rotatable bonds is 5. The smallest absolute Gasteiger partial charge is 0.0121 e. The summed E-state index contributed by atoms with van der Waals surface area (Å²) < 4.78 is 0. The Labute approximate surface area is 78.1 Å². The Bertz CT molecular complexity index is 134. The van der Waals surface area contributed by atoms with Gasteiger partial charge in [-0.2, -0.15) is 0 Å². The van der Waals surface area contributed by atoms with Gasteiger partial charge < -0.3 is 0 Å². The third-order valence-corrected chi connectivity index (χ3v) is 2.75. The van der Waals surface area contributed by atoms with Crippen molar-refractivity contribution in [3.63, 3.8) is 0 Å². The first-order valence-electron chi connectivity index (χ1n) is 5.26. The first kappa shape index (κ1) is 11.7.